The maximum absolute atomic E-state index is 12.3. The molecule has 1 aliphatic rings. The summed E-state index contributed by atoms with van der Waals surface area (Å²) in [5, 5.41) is 0.826. The number of para-hydroxylation sites is 2. The minimum Gasteiger partial charge on any atom is -0.491 e. The van der Waals surface area contributed by atoms with Gasteiger partial charge in [0.05, 0.1) is 28.8 Å². The van der Waals surface area contributed by atoms with Crippen LogP contribution < -0.4 is 9.64 Å². The van der Waals surface area contributed by atoms with Gasteiger partial charge in [0.2, 0.25) is 5.91 Å². The highest BCUT2D eigenvalue weighted by atomic mass is 35.5. The van der Waals surface area contributed by atoms with Crippen LogP contribution in [0.15, 0.2) is 42.5 Å². The van der Waals surface area contributed by atoms with Gasteiger partial charge >= 0.3 is 5.97 Å². The Morgan fingerprint density at radius 3 is 2.76 bits per heavy atom. The Morgan fingerprint density at radius 2 is 1.96 bits per heavy atom. The number of amides is 1. The van der Waals surface area contributed by atoms with E-state index in [0.717, 1.165) is 0 Å². The van der Waals surface area contributed by atoms with Gasteiger partial charge in [0.15, 0.2) is 0 Å². The highest BCUT2D eigenvalue weighted by Crippen LogP contribution is 2.30. The molecule has 0 radical (unpaired) electrons. The van der Waals surface area contributed by atoms with Crippen LogP contribution in [-0.4, -0.2) is 25.0 Å². The molecule has 2 aromatic carbocycles. The number of rotatable bonds is 4. The van der Waals surface area contributed by atoms with Crippen LogP contribution in [0.3, 0.4) is 0 Å². The topological polar surface area (TPSA) is 55.8 Å². The van der Waals surface area contributed by atoms with Crippen molar-refractivity contribution >= 4 is 40.8 Å². The first-order valence-electron chi connectivity index (χ1n) is 7.66. The number of anilines is 1. The first-order valence-corrected chi connectivity index (χ1v) is 8.42. The number of esters is 1. The van der Waals surface area contributed by atoms with Crippen LogP contribution in [0.25, 0.3) is 0 Å². The minimum atomic E-state index is -0.517. The molecule has 1 amide bonds. The zero-order valence-electron chi connectivity index (χ0n) is 13.2. The van der Waals surface area contributed by atoms with Crippen LogP contribution in [0.2, 0.25) is 10.0 Å². The fourth-order valence-corrected chi connectivity index (χ4v) is 2.78. The van der Waals surface area contributed by atoms with E-state index in [0.29, 0.717) is 27.0 Å². The van der Waals surface area contributed by atoms with Gasteiger partial charge in [-0.25, -0.2) is 0 Å². The van der Waals surface area contributed by atoms with E-state index < -0.39 is 5.97 Å². The second kappa shape index (κ2) is 7.76. The molecule has 3 rings (SSSR count). The van der Waals surface area contributed by atoms with Crippen LogP contribution in [0.1, 0.15) is 12.0 Å². The predicted octanol–water partition coefficient (Wildman–Crippen LogP) is 3.85. The molecule has 0 N–H and O–H groups in total. The molecule has 0 spiro atoms. The second-order valence-electron chi connectivity index (χ2n) is 5.46. The van der Waals surface area contributed by atoms with Crippen LogP contribution in [0.5, 0.6) is 5.75 Å². The maximum Gasteiger partial charge on any atom is 0.326 e. The molecule has 2 aromatic rings. The summed E-state index contributed by atoms with van der Waals surface area (Å²) in [5.41, 5.74) is 1.28. The molecule has 0 saturated heterocycles. The molecule has 0 aliphatic carbocycles. The van der Waals surface area contributed by atoms with Crippen molar-refractivity contribution in [1.29, 1.82) is 0 Å². The van der Waals surface area contributed by atoms with Gasteiger partial charge in [0, 0.05) is 0 Å². The van der Waals surface area contributed by atoms with Crippen LogP contribution in [0, 0.1) is 0 Å². The van der Waals surface area contributed by atoms with E-state index in [-0.39, 0.29) is 32.1 Å². The van der Waals surface area contributed by atoms with E-state index in [9.17, 15) is 9.59 Å². The summed E-state index contributed by atoms with van der Waals surface area (Å²) in [5.74, 6) is -0.127. The SMILES string of the molecule is O=C(CN1C(=O)CCOc2ccccc21)OCc1ccc(Cl)c(Cl)c1. The Bertz CT molecular complexity index is 809. The molecule has 5 nitrogen and oxygen atoms in total. The monoisotopic (exact) mass is 379 g/mol. The number of halogens is 2. The van der Waals surface area contributed by atoms with Gasteiger partial charge in [0.25, 0.3) is 0 Å². The van der Waals surface area contributed by atoms with Crippen molar-refractivity contribution in [3.8, 4) is 5.75 Å². The van der Waals surface area contributed by atoms with Crippen molar-refractivity contribution in [2.45, 2.75) is 13.0 Å². The summed E-state index contributed by atoms with van der Waals surface area (Å²) in [7, 11) is 0. The lowest BCUT2D eigenvalue weighted by Gasteiger charge is -2.20. The summed E-state index contributed by atoms with van der Waals surface area (Å²) in [6.45, 7) is 0.154. The molecule has 130 valence electrons. The van der Waals surface area contributed by atoms with E-state index in [1.54, 1.807) is 36.4 Å². The van der Waals surface area contributed by atoms with Crippen molar-refractivity contribution in [3.05, 3.63) is 58.1 Å². The zero-order valence-corrected chi connectivity index (χ0v) is 14.7. The van der Waals surface area contributed by atoms with Crippen LogP contribution >= 0.6 is 23.2 Å². The largest absolute Gasteiger partial charge is 0.491 e. The fraction of sp³-hybridized carbons (Fsp3) is 0.222. The van der Waals surface area contributed by atoms with Gasteiger partial charge < -0.3 is 9.47 Å². The van der Waals surface area contributed by atoms with Crippen molar-refractivity contribution in [3.63, 3.8) is 0 Å². The van der Waals surface area contributed by atoms with Crippen molar-refractivity contribution in [2.75, 3.05) is 18.1 Å². The molecule has 0 unspecified atom stereocenters. The molecule has 25 heavy (non-hydrogen) atoms. The summed E-state index contributed by atoms with van der Waals surface area (Å²) in [6, 6.07) is 12.1. The number of hydrogen-bond donors (Lipinski definition) is 0. The van der Waals surface area contributed by atoms with E-state index in [2.05, 4.69) is 0 Å². The number of carbonyl (C=O) groups is 2. The third kappa shape index (κ3) is 4.24. The van der Waals surface area contributed by atoms with Crippen molar-refractivity contribution < 1.29 is 19.1 Å². The first-order chi connectivity index (χ1) is 12.0. The lowest BCUT2D eigenvalue weighted by Crippen LogP contribution is -2.36. The third-order valence-electron chi connectivity index (χ3n) is 3.70. The first kappa shape index (κ1) is 17.6. The van der Waals surface area contributed by atoms with Gasteiger partial charge in [-0.3, -0.25) is 14.5 Å². The van der Waals surface area contributed by atoms with Crippen LogP contribution in [0.4, 0.5) is 5.69 Å². The smallest absolute Gasteiger partial charge is 0.326 e. The summed E-state index contributed by atoms with van der Waals surface area (Å²) >= 11 is 11.8. The van der Waals surface area contributed by atoms with Gasteiger partial charge in [-0.2, -0.15) is 0 Å². The number of benzene rings is 2. The lowest BCUT2D eigenvalue weighted by atomic mass is 10.2. The zero-order chi connectivity index (χ0) is 17.8. The molecular weight excluding hydrogens is 365 g/mol. The quantitative estimate of drug-likeness (QED) is 0.757. The standard InChI is InChI=1S/C18H15Cl2NO4/c19-13-6-5-12(9-14(13)20)11-25-18(23)10-21-15-3-1-2-4-16(15)24-8-7-17(21)22/h1-6,9H,7-8,10-11H2. The Kier molecular flexibility index (Phi) is 5.46. The highest BCUT2D eigenvalue weighted by molar-refractivity contribution is 6.42. The molecule has 0 saturated carbocycles. The molecule has 1 aliphatic heterocycles. The summed E-state index contributed by atoms with van der Waals surface area (Å²) in [6.07, 6.45) is 0.203. The summed E-state index contributed by atoms with van der Waals surface area (Å²) < 4.78 is 10.8. The molecule has 0 aromatic heterocycles. The van der Waals surface area contributed by atoms with Crippen molar-refractivity contribution in [2.24, 2.45) is 0 Å². The van der Waals surface area contributed by atoms with Crippen LogP contribution in [-0.2, 0) is 20.9 Å². The van der Waals surface area contributed by atoms with E-state index in [1.807, 2.05) is 6.07 Å². The predicted molar refractivity (Wildman–Crippen MR) is 95.2 cm³/mol. The Balaban J connectivity index is 1.67. The molecule has 0 atom stereocenters. The van der Waals surface area contributed by atoms with E-state index in [4.69, 9.17) is 32.7 Å². The number of carbonyl (C=O) groups excluding carboxylic acids is 2. The van der Waals surface area contributed by atoms with E-state index in [1.165, 1.54) is 4.90 Å². The molecular formula is C18H15Cl2NO4. The van der Waals surface area contributed by atoms with Gasteiger partial charge in [-0.05, 0) is 29.8 Å². The van der Waals surface area contributed by atoms with E-state index >= 15 is 0 Å². The maximum atomic E-state index is 12.3. The number of nitrogens with zero attached hydrogens (tertiary/aromatic N) is 1. The number of ether oxygens (including phenoxy) is 2. The highest BCUT2D eigenvalue weighted by Gasteiger charge is 2.25. The summed E-state index contributed by atoms with van der Waals surface area (Å²) in [4.78, 5) is 25.9. The minimum absolute atomic E-state index is 0.0515. The average molecular weight is 380 g/mol. The lowest BCUT2D eigenvalue weighted by molar-refractivity contribution is -0.144. The number of fused-ring (bicyclic) bond motifs is 1. The Labute approximate surface area is 155 Å². The molecule has 1 heterocycles. The molecule has 0 fully saturated rings. The van der Waals surface area contributed by atoms with Crippen molar-refractivity contribution in [1.82, 2.24) is 0 Å². The second-order valence-corrected chi connectivity index (χ2v) is 6.27. The fourth-order valence-electron chi connectivity index (χ4n) is 2.46. The molecule has 0 bridgehead atoms. The van der Waals surface area contributed by atoms with Gasteiger partial charge in [-0.15, -0.1) is 0 Å². The Hall–Kier alpha value is -2.24. The number of hydrogen-bond acceptors (Lipinski definition) is 4. The van der Waals surface area contributed by atoms with Gasteiger partial charge in [-0.1, -0.05) is 41.4 Å². The van der Waals surface area contributed by atoms with Gasteiger partial charge in [0.1, 0.15) is 18.9 Å². The Morgan fingerprint density at radius 1 is 1.16 bits per heavy atom. The average Bonchev–Trinajstić information content (AvgIpc) is 2.75. The normalized spacial score (nSPS) is 13.7. The third-order valence-corrected chi connectivity index (χ3v) is 4.44. The molecule has 7 heteroatoms.